The number of benzene rings is 1. The Hall–Kier alpha value is -2.91. The molecule has 0 aliphatic heterocycles. The van der Waals surface area contributed by atoms with Gasteiger partial charge < -0.3 is 0 Å². The molecule has 3 heterocycles. The quantitative estimate of drug-likeness (QED) is 0.445. The molecule has 0 unspecified atom stereocenters. The largest absolute Gasteiger partial charge is 0.272 e. The summed E-state index contributed by atoms with van der Waals surface area (Å²) in [4.78, 5) is 18.8. The predicted molar refractivity (Wildman–Crippen MR) is 114 cm³/mol. The van der Waals surface area contributed by atoms with Crippen LogP contribution in [-0.4, -0.2) is 26.9 Å². The lowest BCUT2D eigenvalue weighted by Crippen LogP contribution is -2.22. The minimum atomic E-state index is -0.301. The van der Waals surface area contributed by atoms with Crippen LogP contribution in [0.4, 0.5) is 0 Å². The highest BCUT2D eigenvalue weighted by atomic mass is 79.9. The van der Waals surface area contributed by atoms with E-state index in [-0.39, 0.29) is 5.91 Å². The van der Waals surface area contributed by atoms with Gasteiger partial charge in [0, 0.05) is 9.86 Å². The molecule has 0 fully saturated rings. The topological polar surface area (TPSA) is 93.3 Å². The highest BCUT2D eigenvalue weighted by molar-refractivity contribution is 9.10. The van der Waals surface area contributed by atoms with E-state index in [4.69, 9.17) is 9.61 Å². The number of hydrogen-bond donors (Lipinski definition) is 1. The van der Waals surface area contributed by atoms with Crippen molar-refractivity contribution in [3.63, 3.8) is 0 Å². The second-order valence-corrected chi connectivity index (χ2v) is 8.47. The Morgan fingerprint density at radius 2 is 2.14 bits per heavy atom. The smallest absolute Gasteiger partial charge is 0.267 e. The van der Waals surface area contributed by atoms with Crippen LogP contribution in [0.25, 0.3) is 21.5 Å². The fourth-order valence-corrected chi connectivity index (χ4v) is 4.40. The normalized spacial score (nSPS) is 14.9. The third-order valence-electron chi connectivity index (χ3n) is 4.74. The number of nitrogens with one attached hydrogen (secondary N) is 1. The summed E-state index contributed by atoms with van der Waals surface area (Å²) in [5.41, 5.74) is 6.78. The van der Waals surface area contributed by atoms with Crippen LogP contribution >= 0.6 is 27.3 Å². The van der Waals surface area contributed by atoms with Crippen LogP contribution in [-0.2, 0) is 6.42 Å². The summed E-state index contributed by atoms with van der Waals surface area (Å²) in [5, 5.41) is 14.9. The molecule has 4 aromatic rings. The Morgan fingerprint density at radius 1 is 1.21 bits per heavy atom. The zero-order chi connectivity index (χ0) is 19.8. The monoisotopic (exact) mass is 467 g/mol. The van der Waals surface area contributed by atoms with E-state index in [2.05, 4.69) is 36.8 Å². The number of carbonyl (C=O) groups excluding carboxylic acids is 1. The van der Waals surface area contributed by atoms with Crippen LogP contribution in [0.1, 0.15) is 34.6 Å². The first-order valence-electron chi connectivity index (χ1n) is 9.02. The zero-order valence-corrected chi connectivity index (χ0v) is 17.5. The van der Waals surface area contributed by atoms with Gasteiger partial charge in [0.15, 0.2) is 5.69 Å². The van der Waals surface area contributed by atoms with Gasteiger partial charge in [-0.1, -0.05) is 27.2 Å². The lowest BCUT2D eigenvalue weighted by Gasteiger charge is -2.11. The van der Waals surface area contributed by atoms with Crippen molar-refractivity contribution in [3.8, 4) is 10.6 Å². The first kappa shape index (κ1) is 18.1. The fraction of sp³-hybridized carbons (Fsp3) is 0.150. The molecule has 0 bridgehead atoms. The van der Waals surface area contributed by atoms with Gasteiger partial charge in [0.25, 0.3) is 5.91 Å². The molecule has 5 rings (SSSR count). The Labute approximate surface area is 177 Å². The number of thiophene rings is 1. The maximum Gasteiger partial charge on any atom is 0.272 e. The van der Waals surface area contributed by atoms with Crippen molar-refractivity contribution >= 4 is 49.8 Å². The molecule has 144 valence electrons. The summed E-state index contributed by atoms with van der Waals surface area (Å²) in [7, 11) is 0. The number of aromatic nitrogens is 3. The minimum Gasteiger partial charge on any atom is -0.267 e. The lowest BCUT2D eigenvalue weighted by molar-refractivity contribution is 0.0956. The predicted octanol–water partition coefficient (Wildman–Crippen LogP) is 4.58. The lowest BCUT2D eigenvalue weighted by atomic mass is 9.99. The Balaban J connectivity index is 1.54. The highest BCUT2D eigenvalue weighted by Crippen LogP contribution is 2.29. The SMILES string of the molecule is O=C(N/N=C1\CCCc2nonc21)c1cc(-c2cccs2)nc2ccc(Br)cc12. The third-order valence-corrected chi connectivity index (χ3v) is 6.12. The van der Waals surface area contributed by atoms with Crippen LogP contribution in [0.15, 0.2) is 56.0 Å². The van der Waals surface area contributed by atoms with Gasteiger partial charge in [-0.25, -0.2) is 15.0 Å². The maximum absolute atomic E-state index is 13.1. The molecule has 1 amide bonds. The molecular weight excluding hydrogens is 454 g/mol. The van der Waals surface area contributed by atoms with Crippen LogP contribution in [0.5, 0.6) is 0 Å². The number of halogens is 1. The van der Waals surface area contributed by atoms with Gasteiger partial charge >= 0.3 is 0 Å². The van der Waals surface area contributed by atoms with Gasteiger partial charge in [0.1, 0.15) is 5.69 Å². The molecule has 1 aromatic carbocycles. The third kappa shape index (κ3) is 3.47. The summed E-state index contributed by atoms with van der Waals surface area (Å²) >= 11 is 5.06. The van der Waals surface area contributed by atoms with E-state index in [9.17, 15) is 4.79 Å². The van der Waals surface area contributed by atoms with E-state index < -0.39 is 0 Å². The van der Waals surface area contributed by atoms with Crippen molar-refractivity contribution in [2.75, 3.05) is 0 Å². The van der Waals surface area contributed by atoms with Gasteiger partial charge in [-0.15, -0.1) is 11.3 Å². The van der Waals surface area contributed by atoms with Gasteiger partial charge in [0.05, 0.1) is 27.4 Å². The number of carbonyl (C=O) groups is 1. The molecule has 9 heteroatoms. The zero-order valence-electron chi connectivity index (χ0n) is 15.1. The second kappa shape index (κ2) is 7.49. The van der Waals surface area contributed by atoms with E-state index >= 15 is 0 Å². The number of fused-ring (bicyclic) bond motifs is 2. The van der Waals surface area contributed by atoms with Crippen LogP contribution in [0.3, 0.4) is 0 Å². The highest BCUT2D eigenvalue weighted by Gasteiger charge is 2.22. The van der Waals surface area contributed by atoms with Gasteiger partial charge in [-0.2, -0.15) is 5.10 Å². The summed E-state index contributed by atoms with van der Waals surface area (Å²) in [6.45, 7) is 0. The first-order valence-corrected chi connectivity index (χ1v) is 10.7. The standard InChI is InChI=1S/C20H14BrN5O2S/c21-11-6-7-14-12(9-11)13(10-17(22-14)18-5-2-8-29-18)20(27)24-23-15-3-1-4-16-19(15)26-28-25-16/h2,5-10H,1,3-4H2,(H,24,27)/b23-15+. The molecule has 7 nitrogen and oxygen atoms in total. The Bertz CT molecular complexity index is 1250. The second-order valence-electron chi connectivity index (χ2n) is 6.61. The van der Waals surface area contributed by atoms with Crippen molar-refractivity contribution < 1.29 is 9.42 Å². The maximum atomic E-state index is 13.1. The Kier molecular flexibility index (Phi) is 4.69. The molecule has 1 aliphatic carbocycles. The number of aryl methyl sites for hydroxylation is 1. The van der Waals surface area contributed by atoms with Gasteiger partial charge in [-0.3, -0.25) is 4.79 Å². The van der Waals surface area contributed by atoms with E-state index in [0.717, 1.165) is 44.5 Å². The van der Waals surface area contributed by atoms with Crippen molar-refractivity contribution in [1.29, 1.82) is 0 Å². The molecule has 0 radical (unpaired) electrons. The summed E-state index contributed by atoms with van der Waals surface area (Å²) < 4.78 is 5.69. The molecule has 29 heavy (non-hydrogen) atoms. The van der Waals surface area contributed by atoms with Crippen molar-refractivity contribution in [2.45, 2.75) is 19.3 Å². The molecule has 0 spiro atoms. The minimum absolute atomic E-state index is 0.301. The van der Waals surface area contributed by atoms with Crippen LogP contribution < -0.4 is 5.43 Å². The van der Waals surface area contributed by atoms with Gasteiger partial charge in [0.2, 0.25) is 0 Å². The molecule has 1 aliphatic rings. The molecule has 3 aromatic heterocycles. The van der Waals surface area contributed by atoms with Crippen molar-refractivity contribution in [1.82, 2.24) is 20.7 Å². The molecular formula is C20H14BrN5O2S. The van der Waals surface area contributed by atoms with E-state index in [1.54, 1.807) is 17.4 Å². The summed E-state index contributed by atoms with van der Waals surface area (Å²) in [5.74, 6) is -0.301. The van der Waals surface area contributed by atoms with Crippen molar-refractivity contribution in [3.05, 3.63) is 63.2 Å². The molecule has 0 saturated heterocycles. The number of hydrogen-bond acceptors (Lipinski definition) is 7. The fourth-order valence-electron chi connectivity index (χ4n) is 3.36. The summed E-state index contributed by atoms with van der Waals surface area (Å²) in [6.07, 6.45) is 2.41. The van der Waals surface area contributed by atoms with Crippen molar-refractivity contribution in [2.24, 2.45) is 5.10 Å². The Morgan fingerprint density at radius 3 is 3.00 bits per heavy atom. The number of rotatable bonds is 3. The van der Waals surface area contributed by atoms with Crippen LogP contribution in [0.2, 0.25) is 0 Å². The number of hydrazone groups is 1. The van der Waals surface area contributed by atoms with Crippen LogP contribution in [0, 0.1) is 0 Å². The molecule has 1 N–H and O–H groups in total. The van der Waals surface area contributed by atoms with E-state index in [1.807, 2.05) is 35.7 Å². The molecule has 0 saturated carbocycles. The number of amides is 1. The first-order chi connectivity index (χ1) is 14.2. The summed E-state index contributed by atoms with van der Waals surface area (Å²) in [6, 6.07) is 11.5. The van der Waals surface area contributed by atoms with Gasteiger partial charge in [-0.05, 0) is 60.1 Å². The van der Waals surface area contributed by atoms with E-state index in [1.165, 1.54) is 0 Å². The average Bonchev–Trinajstić information content (AvgIpc) is 3.43. The number of nitrogens with zero attached hydrogens (tertiary/aromatic N) is 4. The van der Waals surface area contributed by atoms with E-state index in [0.29, 0.717) is 23.4 Å². The molecule has 0 atom stereocenters. The average molecular weight is 468 g/mol. The number of pyridine rings is 1.